The number of aryl methyl sites for hydroxylation is 1. The van der Waals surface area contributed by atoms with Crippen LogP contribution in [0.4, 0.5) is 10.5 Å². The number of fused-ring (bicyclic) bond motifs is 1. The molecule has 3 aliphatic rings. The maximum Gasteiger partial charge on any atom is 0.320 e. The molecule has 34 heavy (non-hydrogen) atoms. The van der Waals surface area contributed by atoms with Gasteiger partial charge in [0.05, 0.1) is 5.69 Å². The highest BCUT2D eigenvalue weighted by molar-refractivity contribution is 6.05. The van der Waals surface area contributed by atoms with Gasteiger partial charge in [0, 0.05) is 56.3 Å². The number of nitrogens with one attached hydrogen (secondary N) is 3. The molecule has 0 aliphatic carbocycles. The minimum Gasteiger partial charge on any atom is -0.381 e. The smallest absolute Gasteiger partial charge is 0.320 e. The first-order valence-electron chi connectivity index (χ1n) is 11.2. The number of ether oxygens (including phenoxy) is 1. The summed E-state index contributed by atoms with van der Waals surface area (Å²) < 4.78 is 10.9. The lowest BCUT2D eigenvalue weighted by atomic mass is 9.87. The highest BCUT2D eigenvalue weighted by Gasteiger charge is 2.41. The van der Waals surface area contributed by atoms with Gasteiger partial charge in [0.15, 0.2) is 5.76 Å². The Hall–Kier alpha value is -3.73. The van der Waals surface area contributed by atoms with Crippen molar-refractivity contribution in [1.82, 2.24) is 20.7 Å². The standard InChI is InChI=1S/C23H25N5O6/c1-13-10-18(34-27-13)23(6-8-33-9-7-23)26-22(32)24-15-2-3-16-14(11-15)12-28(21(16)31)17-4-5-19(29)25-20(17)30/h2-3,10-11,17H,4-9,12H2,1H3,(H2,24,26,32)(H,25,29,30). The number of imide groups is 1. The predicted octanol–water partition coefficient (Wildman–Crippen LogP) is 1.57. The Kier molecular flexibility index (Phi) is 5.56. The molecule has 4 heterocycles. The molecule has 3 N–H and O–H groups in total. The van der Waals surface area contributed by atoms with Gasteiger partial charge < -0.3 is 24.8 Å². The van der Waals surface area contributed by atoms with Gasteiger partial charge in [0.1, 0.15) is 11.6 Å². The van der Waals surface area contributed by atoms with E-state index in [4.69, 9.17) is 9.26 Å². The first kappa shape index (κ1) is 22.1. The quantitative estimate of drug-likeness (QED) is 0.579. The molecule has 2 saturated heterocycles. The molecule has 1 aromatic carbocycles. The number of anilines is 1. The minimum absolute atomic E-state index is 0.195. The summed E-state index contributed by atoms with van der Waals surface area (Å²) in [7, 11) is 0. The van der Waals surface area contributed by atoms with E-state index in [1.165, 1.54) is 4.90 Å². The lowest BCUT2D eigenvalue weighted by molar-refractivity contribution is -0.136. The number of piperidine rings is 1. The summed E-state index contributed by atoms with van der Waals surface area (Å²) in [4.78, 5) is 50.9. The lowest BCUT2D eigenvalue weighted by Crippen LogP contribution is -2.52. The Bertz CT molecular complexity index is 1170. The molecule has 11 heteroatoms. The van der Waals surface area contributed by atoms with E-state index in [-0.39, 0.29) is 24.8 Å². The molecule has 0 saturated carbocycles. The van der Waals surface area contributed by atoms with Gasteiger partial charge in [-0.3, -0.25) is 19.7 Å². The number of benzene rings is 1. The van der Waals surface area contributed by atoms with Crippen molar-refractivity contribution in [3.05, 3.63) is 46.8 Å². The third kappa shape index (κ3) is 4.03. The molecule has 0 radical (unpaired) electrons. The first-order valence-corrected chi connectivity index (χ1v) is 11.2. The van der Waals surface area contributed by atoms with Crippen LogP contribution in [0.25, 0.3) is 0 Å². The maximum atomic E-state index is 12.9. The summed E-state index contributed by atoms with van der Waals surface area (Å²) in [5.74, 6) is -0.463. The molecular formula is C23H25N5O6. The third-order valence-electron chi connectivity index (χ3n) is 6.58. The number of carbonyl (C=O) groups is 4. The van der Waals surface area contributed by atoms with Crippen molar-refractivity contribution in [1.29, 1.82) is 0 Å². The van der Waals surface area contributed by atoms with Crippen molar-refractivity contribution in [3.8, 4) is 0 Å². The van der Waals surface area contributed by atoms with Crippen LogP contribution in [0.1, 0.15) is 53.1 Å². The molecule has 1 atom stereocenters. The summed E-state index contributed by atoms with van der Waals surface area (Å²) >= 11 is 0. The molecule has 5 rings (SSSR count). The van der Waals surface area contributed by atoms with E-state index in [0.717, 1.165) is 5.69 Å². The number of urea groups is 1. The predicted molar refractivity (Wildman–Crippen MR) is 118 cm³/mol. The fourth-order valence-electron chi connectivity index (χ4n) is 4.77. The highest BCUT2D eigenvalue weighted by Crippen LogP contribution is 2.33. The van der Waals surface area contributed by atoms with Crippen molar-refractivity contribution < 1.29 is 28.4 Å². The summed E-state index contributed by atoms with van der Waals surface area (Å²) in [5, 5.41) is 12.1. The van der Waals surface area contributed by atoms with Crippen molar-refractivity contribution in [2.45, 2.75) is 50.7 Å². The largest absolute Gasteiger partial charge is 0.381 e. The van der Waals surface area contributed by atoms with Gasteiger partial charge in [-0.15, -0.1) is 0 Å². The molecule has 0 bridgehead atoms. The second kappa shape index (κ2) is 8.56. The average Bonchev–Trinajstić information content (AvgIpc) is 3.38. The van der Waals surface area contributed by atoms with Crippen LogP contribution < -0.4 is 16.0 Å². The van der Waals surface area contributed by atoms with E-state index in [2.05, 4.69) is 21.1 Å². The normalized spacial score (nSPS) is 21.7. The fourth-order valence-corrected chi connectivity index (χ4v) is 4.77. The zero-order valence-electron chi connectivity index (χ0n) is 18.7. The number of aromatic nitrogens is 1. The van der Waals surface area contributed by atoms with Crippen molar-refractivity contribution in [2.75, 3.05) is 18.5 Å². The Morgan fingerprint density at radius 3 is 2.71 bits per heavy atom. The van der Waals surface area contributed by atoms with Crippen LogP contribution in [0.5, 0.6) is 0 Å². The third-order valence-corrected chi connectivity index (χ3v) is 6.58. The topological polar surface area (TPSA) is 143 Å². The van der Waals surface area contributed by atoms with Crippen molar-refractivity contribution in [2.24, 2.45) is 0 Å². The van der Waals surface area contributed by atoms with Crippen LogP contribution in [0.2, 0.25) is 0 Å². The van der Waals surface area contributed by atoms with Crippen LogP contribution in [0, 0.1) is 6.92 Å². The van der Waals surface area contributed by atoms with Crippen LogP contribution in [0.15, 0.2) is 28.8 Å². The van der Waals surface area contributed by atoms with E-state index >= 15 is 0 Å². The summed E-state index contributed by atoms with van der Waals surface area (Å²) in [6, 6.07) is 5.74. The SMILES string of the molecule is Cc1cc(C2(NC(=O)Nc3ccc4c(c3)CN(C3CCC(=O)NC3=O)C4=O)CCOCC2)on1. The second-order valence-electron chi connectivity index (χ2n) is 8.88. The molecular weight excluding hydrogens is 442 g/mol. The van der Waals surface area contributed by atoms with E-state index in [9.17, 15) is 19.2 Å². The number of hydrogen-bond donors (Lipinski definition) is 3. The first-order chi connectivity index (χ1) is 16.3. The van der Waals surface area contributed by atoms with E-state index < -0.39 is 23.5 Å². The van der Waals surface area contributed by atoms with E-state index in [1.807, 2.05) is 13.0 Å². The maximum absolute atomic E-state index is 12.9. The van der Waals surface area contributed by atoms with Gasteiger partial charge in [-0.1, -0.05) is 5.16 Å². The van der Waals surface area contributed by atoms with E-state index in [1.54, 1.807) is 18.2 Å². The van der Waals surface area contributed by atoms with Gasteiger partial charge in [-0.25, -0.2) is 4.79 Å². The highest BCUT2D eigenvalue weighted by atomic mass is 16.5. The van der Waals surface area contributed by atoms with Crippen molar-refractivity contribution >= 4 is 29.4 Å². The second-order valence-corrected chi connectivity index (χ2v) is 8.88. The van der Waals surface area contributed by atoms with Gasteiger partial charge in [-0.05, 0) is 37.1 Å². The summed E-state index contributed by atoms with van der Waals surface area (Å²) in [6.07, 6.45) is 1.59. The summed E-state index contributed by atoms with van der Waals surface area (Å²) in [5.41, 5.74) is 1.71. The fraction of sp³-hybridized carbons (Fsp3) is 0.435. The number of rotatable bonds is 4. The number of amides is 5. The average molecular weight is 467 g/mol. The Morgan fingerprint density at radius 1 is 1.21 bits per heavy atom. The van der Waals surface area contributed by atoms with Gasteiger partial charge in [0.25, 0.3) is 5.91 Å². The Morgan fingerprint density at radius 2 is 2.00 bits per heavy atom. The van der Waals surface area contributed by atoms with Gasteiger partial charge in [0.2, 0.25) is 11.8 Å². The molecule has 11 nitrogen and oxygen atoms in total. The van der Waals surface area contributed by atoms with Gasteiger partial charge in [-0.2, -0.15) is 0 Å². The molecule has 178 valence electrons. The zero-order valence-corrected chi connectivity index (χ0v) is 18.7. The number of hydrogen-bond acceptors (Lipinski definition) is 7. The minimum atomic E-state index is -0.723. The Balaban J connectivity index is 1.29. The number of carbonyl (C=O) groups excluding carboxylic acids is 4. The molecule has 2 aromatic rings. The van der Waals surface area contributed by atoms with Crippen LogP contribution in [0.3, 0.4) is 0 Å². The molecule has 3 aliphatic heterocycles. The number of nitrogens with zero attached hydrogens (tertiary/aromatic N) is 2. The molecule has 2 fully saturated rings. The monoisotopic (exact) mass is 467 g/mol. The van der Waals surface area contributed by atoms with Crippen molar-refractivity contribution in [3.63, 3.8) is 0 Å². The summed E-state index contributed by atoms with van der Waals surface area (Å²) in [6.45, 7) is 3.02. The van der Waals surface area contributed by atoms with Crippen LogP contribution >= 0.6 is 0 Å². The Labute approximate surface area is 195 Å². The molecule has 0 spiro atoms. The molecule has 5 amide bonds. The van der Waals surface area contributed by atoms with Crippen LogP contribution in [-0.2, 0) is 26.4 Å². The van der Waals surface area contributed by atoms with Crippen LogP contribution in [-0.4, -0.2) is 53.1 Å². The van der Waals surface area contributed by atoms with Gasteiger partial charge >= 0.3 is 6.03 Å². The lowest BCUT2D eigenvalue weighted by Gasteiger charge is -2.35. The molecule has 1 unspecified atom stereocenters. The van der Waals surface area contributed by atoms with E-state index in [0.29, 0.717) is 55.1 Å². The molecule has 1 aromatic heterocycles. The zero-order chi connectivity index (χ0) is 23.9.